The molecule has 0 radical (unpaired) electrons. The predicted octanol–water partition coefficient (Wildman–Crippen LogP) is 1.52. The summed E-state index contributed by atoms with van der Waals surface area (Å²) in [7, 11) is 0. The molecule has 0 saturated carbocycles. The van der Waals surface area contributed by atoms with Crippen molar-refractivity contribution >= 4 is 59.4 Å². The molecule has 0 aliphatic heterocycles. The van der Waals surface area contributed by atoms with Gasteiger partial charge in [-0.1, -0.05) is 57.8 Å². The Kier molecular flexibility index (Phi) is 31.9. The normalized spacial score (nSPS) is 12.3. The smallest absolute Gasteiger partial charge is 0.431 e. The molecule has 0 aromatic carbocycles. The molecule has 396 valence electrons. The number of esters is 2. The summed E-state index contributed by atoms with van der Waals surface area (Å²) in [6, 6.07) is -2.63. The van der Waals surface area contributed by atoms with E-state index < -0.39 is 109 Å². The number of hydrogen-bond donors (Lipinski definition) is 9. The quantitative estimate of drug-likeness (QED) is 0.0191. The van der Waals surface area contributed by atoms with Crippen LogP contribution in [0.15, 0.2) is 0 Å². The van der Waals surface area contributed by atoms with Crippen molar-refractivity contribution in [3.05, 3.63) is 0 Å². The largest absolute Gasteiger partial charge is 0.460 e. The number of amides is 8. The average Bonchev–Trinajstić information content (AvgIpc) is 3.23. The van der Waals surface area contributed by atoms with Crippen molar-refractivity contribution in [2.75, 3.05) is 45.9 Å². The van der Waals surface area contributed by atoms with E-state index in [9.17, 15) is 53.1 Å². The third-order valence-electron chi connectivity index (χ3n) is 9.07. The van der Waals surface area contributed by atoms with Crippen LogP contribution in [0.1, 0.15) is 159 Å². The minimum Gasteiger partial charge on any atom is -0.460 e. The lowest BCUT2D eigenvalue weighted by atomic mass is 10.0. The number of hydrogen-bond acceptors (Lipinski definition) is 15. The van der Waals surface area contributed by atoms with Crippen LogP contribution < -0.4 is 42.7 Å². The third kappa shape index (κ3) is 39.0. The Morgan fingerprint density at radius 1 is 0.449 bits per heavy atom. The van der Waals surface area contributed by atoms with Crippen LogP contribution in [0.5, 0.6) is 0 Å². The van der Waals surface area contributed by atoms with Crippen LogP contribution in [0.3, 0.4) is 0 Å². The van der Waals surface area contributed by atoms with Gasteiger partial charge < -0.3 is 56.5 Å². The van der Waals surface area contributed by atoms with E-state index in [1.807, 2.05) is 20.8 Å². The van der Waals surface area contributed by atoms with Gasteiger partial charge in [-0.3, -0.25) is 43.2 Å². The average molecular weight is 987 g/mol. The number of aliphatic hydroxyl groups is 1. The molecule has 23 heteroatoms. The highest BCUT2D eigenvalue weighted by Gasteiger charge is 2.28. The van der Waals surface area contributed by atoms with Gasteiger partial charge in [-0.25, -0.2) is 9.59 Å². The maximum atomic E-state index is 13.0. The molecule has 0 bridgehead atoms. The molecule has 0 aliphatic carbocycles. The zero-order chi connectivity index (χ0) is 52.5. The van der Waals surface area contributed by atoms with E-state index in [0.717, 1.165) is 64.2 Å². The summed E-state index contributed by atoms with van der Waals surface area (Å²) in [5.74, 6) is -5.76. The maximum Gasteiger partial charge on any atom is 0.431 e. The fraction of sp³-hybridized carbons (Fsp3) is 0.783. The molecule has 0 rings (SSSR count). The number of carbonyl (C=O) groups is 10. The van der Waals surface area contributed by atoms with Gasteiger partial charge in [0.1, 0.15) is 28.9 Å². The van der Waals surface area contributed by atoms with Gasteiger partial charge in [0, 0.05) is 25.8 Å². The van der Waals surface area contributed by atoms with Crippen LogP contribution in [0.4, 0.5) is 4.79 Å². The van der Waals surface area contributed by atoms with Crippen LogP contribution >= 0.6 is 0 Å². The number of nitrogens with one attached hydrogen (secondary N) is 8. The molecule has 0 heterocycles. The molecule has 9 N–H and O–H groups in total. The molecule has 23 nitrogen and oxygen atoms in total. The lowest BCUT2D eigenvalue weighted by Crippen LogP contribution is -2.51. The van der Waals surface area contributed by atoms with Gasteiger partial charge in [-0.2, -0.15) is 5.48 Å². The zero-order valence-electron chi connectivity index (χ0n) is 42.4. The number of ether oxygens (including phenoxy) is 3. The molecular formula is C46H82N8O15. The zero-order valence-corrected chi connectivity index (χ0v) is 42.4. The molecule has 0 saturated heterocycles. The van der Waals surface area contributed by atoms with Gasteiger partial charge in [0.05, 0.1) is 39.4 Å². The first-order valence-corrected chi connectivity index (χ1v) is 23.8. The molecule has 0 aromatic heterocycles. The van der Waals surface area contributed by atoms with Gasteiger partial charge in [0.25, 0.3) is 0 Å². The SMILES string of the molecule is CC(C)(C)OC(=O)CCCCCCCCCCCCCC(=O)NC(CCC(=O)NC(CO)C(=O)NCC(=O)NCC(=O)NCC(=O)NCC(=O)NCCONC(=O)OC(C)(C)C)C(=O)OC(C)(C)C. The minimum atomic E-state index is -1.47. The minimum absolute atomic E-state index is 0.00425. The standard InChI is InChI=1S/C46H82N8O15/c1-44(2,3)67-40(62)22-20-18-16-14-12-10-11-13-15-17-19-21-34(56)52-32(42(64)68-45(4,5)6)23-24-35(57)53-33(31-55)41(63)51-30-39(61)50-29-38(60)49-28-37(59)48-27-36(58)47-25-26-66-54-43(65)69-46(7,8)9/h32-33,55H,10-31H2,1-9H3,(H,47,58)(H,48,59)(H,49,60)(H,50,61)(H,51,63)(H,52,56)(H,53,57)(H,54,65). The van der Waals surface area contributed by atoms with Crippen molar-refractivity contribution in [1.82, 2.24) is 42.7 Å². The Bertz CT molecular complexity index is 1640. The van der Waals surface area contributed by atoms with Gasteiger partial charge in [0.15, 0.2) is 0 Å². The second-order valence-electron chi connectivity index (χ2n) is 19.3. The summed E-state index contributed by atoms with van der Waals surface area (Å²) in [6.45, 7) is 12.6. The highest BCUT2D eigenvalue weighted by Crippen LogP contribution is 2.15. The molecule has 2 atom stereocenters. The van der Waals surface area contributed by atoms with Crippen LogP contribution in [0.25, 0.3) is 0 Å². The predicted molar refractivity (Wildman–Crippen MR) is 252 cm³/mol. The summed E-state index contributed by atoms with van der Waals surface area (Å²) in [5, 5.41) is 26.2. The fourth-order valence-electron chi connectivity index (χ4n) is 5.89. The van der Waals surface area contributed by atoms with Gasteiger partial charge in [-0.15, -0.1) is 0 Å². The van der Waals surface area contributed by atoms with E-state index in [0.29, 0.717) is 12.8 Å². The van der Waals surface area contributed by atoms with E-state index in [4.69, 9.17) is 19.0 Å². The second-order valence-corrected chi connectivity index (χ2v) is 19.3. The van der Waals surface area contributed by atoms with Crippen molar-refractivity contribution in [2.24, 2.45) is 0 Å². The lowest BCUT2D eigenvalue weighted by molar-refractivity contribution is -0.159. The Labute approximate surface area is 406 Å². The summed E-state index contributed by atoms with van der Waals surface area (Å²) in [5.41, 5.74) is 0.00968. The van der Waals surface area contributed by atoms with Crippen molar-refractivity contribution in [1.29, 1.82) is 0 Å². The van der Waals surface area contributed by atoms with Crippen molar-refractivity contribution < 1.29 is 72.1 Å². The molecule has 2 unspecified atom stereocenters. The number of rotatable bonds is 34. The molecule has 0 fully saturated rings. The van der Waals surface area contributed by atoms with E-state index in [-0.39, 0.29) is 44.3 Å². The molecule has 69 heavy (non-hydrogen) atoms. The van der Waals surface area contributed by atoms with E-state index in [1.54, 1.807) is 41.5 Å². The first kappa shape index (κ1) is 63.4. The monoisotopic (exact) mass is 987 g/mol. The number of hydroxylamine groups is 1. The summed E-state index contributed by atoms with van der Waals surface area (Å²) >= 11 is 0. The molecule has 0 aliphatic rings. The Hall–Kier alpha value is -5.58. The lowest BCUT2D eigenvalue weighted by Gasteiger charge is -2.25. The van der Waals surface area contributed by atoms with E-state index in [1.165, 1.54) is 0 Å². The molecular weight excluding hydrogens is 905 g/mol. The molecule has 0 aromatic rings. The second kappa shape index (κ2) is 34.7. The third-order valence-corrected chi connectivity index (χ3v) is 9.07. The van der Waals surface area contributed by atoms with Crippen LogP contribution in [0.2, 0.25) is 0 Å². The molecule has 8 amide bonds. The molecule has 0 spiro atoms. The van der Waals surface area contributed by atoms with Crippen molar-refractivity contribution in [2.45, 2.75) is 188 Å². The first-order chi connectivity index (χ1) is 32.2. The van der Waals surface area contributed by atoms with Crippen LogP contribution in [0, 0.1) is 0 Å². The Morgan fingerprint density at radius 3 is 1.32 bits per heavy atom. The highest BCUT2D eigenvalue weighted by atomic mass is 16.7. The van der Waals surface area contributed by atoms with Crippen LogP contribution in [-0.2, 0) is 62.2 Å². The fourth-order valence-corrected chi connectivity index (χ4v) is 5.89. The van der Waals surface area contributed by atoms with E-state index >= 15 is 0 Å². The topological polar surface area (TPSA) is 324 Å². The van der Waals surface area contributed by atoms with Crippen molar-refractivity contribution in [3.8, 4) is 0 Å². The van der Waals surface area contributed by atoms with E-state index in [2.05, 4.69) is 42.7 Å². The van der Waals surface area contributed by atoms with Gasteiger partial charge >= 0.3 is 18.0 Å². The summed E-state index contributed by atoms with van der Waals surface area (Å²) < 4.78 is 15.8. The van der Waals surface area contributed by atoms with Crippen molar-refractivity contribution in [3.63, 3.8) is 0 Å². The number of unbranched alkanes of at least 4 members (excludes halogenated alkanes) is 10. The summed E-state index contributed by atoms with van der Waals surface area (Å²) in [6.07, 6.45) is 10.2. The van der Waals surface area contributed by atoms with Gasteiger partial charge in [-0.05, 0) is 81.6 Å². The maximum absolute atomic E-state index is 13.0. The summed E-state index contributed by atoms with van der Waals surface area (Å²) in [4.78, 5) is 128. The van der Waals surface area contributed by atoms with Gasteiger partial charge in [0.2, 0.25) is 41.4 Å². The highest BCUT2D eigenvalue weighted by molar-refractivity contribution is 5.93. The number of aliphatic hydroxyl groups excluding tert-OH is 1. The number of carbonyl (C=O) groups excluding carboxylic acids is 10. The Balaban J connectivity index is 4.49. The van der Waals surface area contributed by atoms with Crippen LogP contribution in [-0.4, -0.2) is 139 Å². The Morgan fingerprint density at radius 2 is 0.855 bits per heavy atom. The first-order valence-electron chi connectivity index (χ1n) is 23.8.